The van der Waals surface area contributed by atoms with E-state index in [9.17, 15) is 33.7 Å². The van der Waals surface area contributed by atoms with Gasteiger partial charge in [0.15, 0.2) is 19.7 Å². The summed E-state index contributed by atoms with van der Waals surface area (Å²) in [5, 5.41) is 0. The molecule has 2 aromatic rings. The standard InChI is InChI=1S/C26H38O16S4/c27-43(28,19-21-45(31,32)33)25-5-1-23(2-6-25)41-17-15-39-13-11-37-9-10-38-12-14-40-16-18-42-24-3-7-26(8-4-24)44(29,30)20-22-46(34,35)36/h1-8H,9-22H2,(H,31,32,33)(H,34,35,36). The fourth-order valence-electron chi connectivity index (χ4n) is 3.35. The van der Waals surface area contributed by atoms with Crippen LogP contribution in [0.2, 0.25) is 0 Å². The largest absolute Gasteiger partial charge is 0.491 e. The molecular formula is C26H38O16S4. The Balaban J connectivity index is 1.42. The van der Waals surface area contributed by atoms with Gasteiger partial charge >= 0.3 is 0 Å². The van der Waals surface area contributed by atoms with Crippen LogP contribution in [0.1, 0.15) is 0 Å². The summed E-state index contributed by atoms with van der Waals surface area (Å²) in [6.45, 7) is 2.98. The third-order valence-electron chi connectivity index (χ3n) is 5.69. The minimum Gasteiger partial charge on any atom is -0.491 e. The Morgan fingerprint density at radius 2 is 0.652 bits per heavy atom. The Morgan fingerprint density at radius 3 is 0.913 bits per heavy atom. The molecule has 0 aromatic heterocycles. The summed E-state index contributed by atoms with van der Waals surface area (Å²) in [5.74, 6) is -2.42. The smallest absolute Gasteiger partial charge is 0.265 e. The van der Waals surface area contributed by atoms with E-state index in [0.717, 1.165) is 0 Å². The zero-order valence-corrected chi connectivity index (χ0v) is 28.0. The number of ether oxygens (including phenoxy) is 6. The zero-order valence-electron chi connectivity index (χ0n) is 24.8. The summed E-state index contributed by atoms with van der Waals surface area (Å²) in [6.07, 6.45) is 0. The topological polar surface area (TPSA) is 232 Å². The molecule has 0 heterocycles. The first-order valence-electron chi connectivity index (χ1n) is 13.7. The quantitative estimate of drug-likeness (QED) is 0.105. The Labute approximate surface area is 269 Å². The first kappa shape index (κ1) is 39.8. The molecule has 0 aliphatic heterocycles. The summed E-state index contributed by atoms with van der Waals surface area (Å²) in [4.78, 5) is -0.169. The third kappa shape index (κ3) is 17.5. The molecule has 262 valence electrons. The molecule has 0 unspecified atom stereocenters. The highest BCUT2D eigenvalue weighted by atomic mass is 32.2. The van der Waals surface area contributed by atoms with Crippen molar-refractivity contribution >= 4 is 39.9 Å². The molecule has 0 fully saturated rings. The van der Waals surface area contributed by atoms with Gasteiger partial charge in [-0.2, -0.15) is 16.8 Å². The van der Waals surface area contributed by atoms with Gasteiger partial charge in [0.2, 0.25) is 0 Å². The molecule has 0 saturated heterocycles. The monoisotopic (exact) mass is 734 g/mol. The van der Waals surface area contributed by atoms with Gasteiger partial charge in [-0.05, 0) is 48.5 Å². The summed E-state index contributed by atoms with van der Waals surface area (Å²) in [5.41, 5.74) is 0. The van der Waals surface area contributed by atoms with Crippen molar-refractivity contribution in [3.8, 4) is 11.5 Å². The van der Waals surface area contributed by atoms with E-state index < -0.39 is 62.9 Å². The van der Waals surface area contributed by atoms with E-state index in [4.69, 9.17) is 37.5 Å². The zero-order chi connectivity index (χ0) is 34.1. The lowest BCUT2D eigenvalue weighted by Crippen LogP contribution is -2.16. The van der Waals surface area contributed by atoms with Crippen molar-refractivity contribution in [1.29, 1.82) is 0 Å². The Hall–Kier alpha value is -2.40. The van der Waals surface area contributed by atoms with Crippen LogP contribution in [0, 0.1) is 0 Å². The molecule has 0 atom stereocenters. The van der Waals surface area contributed by atoms with Crippen molar-refractivity contribution in [2.75, 3.05) is 89.1 Å². The maximum absolute atomic E-state index is 12.1. The minimum absolute atomic E-state index is 0.0843. The lowest BCUT2D eigenvalue weighted by atomic mass is 10.3. The molecule has 16 nitrogen and oxygen atoms in total. The van der Waals surface area contributed by atoms with Gasteiger partial charge in [0.25, 0.3) is 20.2 Å². The second-order valence-corrected chi connectivity index (χ2v) is 16.7. The predicted molar refractivity (Wildman–Crippen MR) is 164 cm³/mol. The molecule has 0 spiro atoms. The molecule has 0 bridgehead atoms. The van der Waals surface area contributed by atoms with Crippen molar-refractivity contribution in [3.63, 3.8) is 0 Å². The van der Waals surface area contributed by atoms with Crippen LogP contribution >= 0.6 is 0 Å². The van der Waals surface area contributed by atoms with Crippen LogP contribution in [-0.4, -0.2) is 132 Å². The molecule has 2 aromatic carbocycles. The molecule has 0 radical (unpaired) electrons. The first-order chi connectivity index (χ1) is 21.6. The molecule has 2 N–H and O–H groups in total. The van der Waals surface area contributed by atoms with E-state index in [-0.39, 0.29) is 36.2 Å². The van der Waals surface area contributed by atoms with Crippen LogP contribution in [0.4, 0.5) is 0 Å². The van der Waals surface area contributed by atoms with Crippen molar-refractivity contribution in [2.24, 2.45) is 0 Å². The van der Waals surface area contributed by atoms with E-state index in [1.54, 1.807) is 0 Å². The number of hydrogen-bond acceptors (Lipinski definition) is 14. The van der Waals surface area contributed by atoms with Crippen molar-refractivity contribution in [2.45, 2.75) is 9.79 Å². The number of benzene rings is 2. The molecular weight excluding hydrogens is 697 g/mol. The average Bonchev–Trinajstić information content (AvgIpc) is 2.99. The van der Waals surface area contributed by atoms with Crippen LogP contribution in [0.3, 0.4) is 0 Å². The SMILES string of the molecule is O=S(=O)(O)CCS(=O)(=O)c1ccc(OCCOCCOCCOCCOCCOc2ccc(S(=O)(=O)CCS(=O)(=O)O)cc2)cc1. The average molecular weight is 735 g/mol. The predicted octanol–water partition coefficient (Wildman–Crippen LogP) is 0.534. The highest BCUT2D eigenvalue weighted by molar-refractivity contribution is 7.93. The van der Waals surface area contributed by atoms with Crippen molar-refractivity contribution < 1.29 is 71.2 Å². The molecule has 0 saturated carbocycles. The Morgan fingerprint density at radius 1 is 0.391 bits per heavy atom. The molecule has 0 aliphatic carbocycles. The van der Waals surface area contributed by atoms with E-state index in [2.05, 4.69) is 0 Å². The second kappa shape index (κ2) is 19.4. The summed E-state index contributed by atoms with van der Waals surface area (Å²) in [7, 11) is -16.5. The lowest BCUT2D eigenvalue weighted by Gasteiger charge is -2.10. The maximum atomic E-state index is 12.1. The van der Waals surface area contributed by atoms with Crippen LogP contribution in [0.15, 0.2) is 58.3 Å². The minimum atomic E-state index is -4.38. The number of hydrogen-bond donors (Lipinski definition) is 2. The Bertz CT molecular complexity index is 1480. The van der Waals surface area contributed by atoms with Gasteiger partial charge in [0.05, 0.1) is 85.7 Å². The molecule has 0 amide bonds. The fourth-order valence-corrected chi connectivity index (χ4v) is 8.36. The van der Waals surface area contributed by atoms with Crippen molar-refractivity contribution in [3.05, 3.63) is 48.5 Å². The molecule has 20 heteroatoms. The molecule has 0 aliphatic rings. The Kier molecular flexibility index (Phi) is 16.8. The lowest BCUT2D eigenvalue weighted by molar-refractivity contribution is -0.00699. The first-order valence-corrected chi connectivity index (χ1v) is 20.2. The van der Waals surface area contributed by atoms with Gasteiger partial charge in [-0.3, -0.25) is 9.11 Å². The van der Waals surface area contributed by atoms with E-state index in [1.807, 2.05) is 0 Å². The normalized spacial score (nSPS) is 12.7. The van der Waals surface area contributed by atoms with Gasteiger partial charge < -0.3 is 28.4 Å². The van der Waals surface area contributed by atoms with Gasteiger partial charge in [0.1, 0.15) is 24.7 Å². The maximum Gasteiger partial charge on any atom is 0.265 e. The summed E-state index contributed by atoms with van der Waals surface area (Å²) >= 11 is 0. The van der Waals surface area contributed by atoms with Gasteiger partial charge in [-0.1, -0.05) is 0 Å². The number of rotatable bonds is 25. The highest BCUT2D eigenvalue weighted by Crippen LogP contribution is 2.18. The van der Waals surface area contributed by atoms with Crippen LogP contribution in [0.25, 0.3) is 0 Å². The highest BCUT2D eigenvalue weighted by Gasteiger charge is 2.19. The van der Waals surface area contributed by atoms with Gasteiger partial charge in [-0.15, -0.1) is 0 Å². The van der Waals surface area contributed by atoms with Crippen LogP contribution < -0.4 is 9.47 Å². The van der Waals surface area contributed by atoms with Gasteiger partial charge in [0, 0.05) is 0 Å². The van der Waals surface area contributed by atoms with Crippen LogP contribution in [-0.2, 0) is 58.9 Å². The fraction of sp³-hybridized carbons (Fsp3) is 0.538. The molecule has 2 rings (SSSR count). The van der Waals surface area contributed by atoms with E-state index in [1.165, 1.54) is 48.5 Å². The van der Waals surface area contributed by atoms with Crippen molar-refractivity contribution in [1.82, 2.24) is 0 Å². The van der Waals surface area contributed by atoms with Crippen LogP contribution in [0.5, 0.6) is 11.5 Å². The third-order valence-corrected chi connectivity index (χ3v) is 11.1. The second-order valence-electron chi connectivity index (χ2n) is 9.30. The summed E-state index contributed by atoms with van der Waals surface area (Å²) in [6, 6.07) is 10.9. The number of sulfone groups is 2. The molecule has 46 heavy (non-hydrogen) atoms. The van der Waals surface area contributed by atoms with Gasteiger partial charge in [-0.25, -0.2) is 16.8 Å². The van der Waals surface area contributed by atoms with E-state index >= 15 is 0 Å². The summed E-state index contributed by atoms with van der Waals surface area (Å²) < 4.78 is 142. The van der Waals surface area contributed by atoms with E-state index in [0.29, 0.717) is 51.1 Å².